The topological polar surface area (TPSA) is 46.5 Å². The highest BCUT2D eigenvalue weighted by molar-refractivity contribution is 7.13. The summed E-state index contributed by atoms with van der Waals surface area (Å²) in [6.45, 7) is 4.03. The number of allylic oxidation sites excluding steroid dienone is 1. The van der Waals surface area contributed by atoms with Crippen molar-refractivity contribution in [2.75, 3.05) is 6.61 Å². The molecule has 2 aromatic rings. The van der Waals surface area contributed by atoms with E-state index in [2.05, 4.69) is 0 Å². The number of benzene rings is 1. The lowest BCUT2D eigenvalue weighted by Gasteiger charge is -2.27. The van der Waals surface area contributed by atoms with Gasteiger partial charge in [0, 0.05) is 29.0 Å². The van der Waals surface area contributed by atoms with Crippen LogP contribution in [0.4, 0.5) is 8.78 Å². The largest absolute Gasteiger partial charge is 0.489 e. The minimum atomic E-state index is -2.69. The zero-order valence-electron chi connectivity index (χ0n) is 16.1. The normalized spacial score (nSPS) is 16.3. The summed E-state index contributed by atoms with van der Waals surface area (Å²) in [6, 6.07) is 9.53. The van der Waals surface area contributed by atoms with E-state index in [9.17, 15) is 13.6 Å². The first kappa shape index (κ1) is 20.5. The summed E-state index contributed by atoms with van der Waals surface area (Å²) >= 11 is 1.63. The highest BCUT2D eigenvalue weighted by Gasteiger charge is 2.36. The number of hydrogen-bond donors (Lipinski definition) is 1. The summed E-state index contributed by atoms with van der Waals surface area (Å²) in [4.78, 5) is 12.9. The number of thiophene rings is 1. The zero-order valence-corrected chi connectivity index (χ0v) is 16.9. The number of carboxylic acid groups (broad SMARTS) is 1. The second kappa shape index (κ2) is 8.43. The lowest BCUT2D eigenvalue weighted by atomic mass is 9.88. The van der Waals surface area contributed by atoms with Crippen molar-refractivity contribution in [3.8, 4) is 5.75 Å². The summed E-state index contributed by atoms with van der Waals surface area (Å²) < 4.78 is 34.0. The fourth-order valence-corrected chi connectivity index (χ4v) is 4.46. The van der Waals surface area contributed by atoms with Gasteiger partial charge in [0.05, 0.1) is 0 Å². The Kier molecular flexibility index (Phi) is 6.18. The Morgan fingerprint density at radius 2 is 2.04 bits per heavy atom. The van der Waals surface area contributed by atoms with Crippen molar-refractivity contribution in [3.63, 3.8) is 0 Å². The van der Waals surface area contributed by atoms with Crippen LogP contribution in [-0.2, 0) is 11.2 Å². The molecule has 3 nitrogen and oxygen atoms in total. The molecule has 0 spiro atoms. The van der Waals surface area contributed by atoms with Crippen LogP contribution < -0.4 is 4.74 Å². The van der Waals surface area contributed by atoms with Crippen molar-refractivity contribution < 1.29 is 23.4 Å². The van der Waals surface area contributed by atoms with Gasteiger partial charge in [0.25, 0.3) is 5.92 Å². The molecule has 1 aliphatic carbocycles. The molecular formula is C22H24F2O3S. The highest BCUT2D eigenvalue weighted by atomic mass is 32.1. The first-order valence-corrected chi connectivity index (χ1v) is 10.1. The van der Waals surface area contributed by atoms with Crippen LogP contribution in [-0.4, -0.2) is 23.6 Å². The summed E-state index contributed by atoms with van der Waals surface area (Å²) in [6.07, 6.45) is 0.495. The standard InChI is InChI=1S/C22H24F2O3S/c1-14-11-16(5-8-21(25)26)4-6-19(14)27-13-17-12-22(23,24)10-9-18(17)20-7-3-15(2)28-20/h3-4,6-7,11H,5,8-10,12-13H2,1-2H3,(H,25,26). The van der Waals surface area contributed by atoms with Crippen LogP contribution in [0.25, 0.3) is 5.57 Å². The third kappa shape index (κ3) is 5.19. The molecule has 0 aliphatic heterocycles. The number of ether oxygens (including phenoxy) is 1. The Morgan fingerprint density at radius 1 is 1.25 bits per heavy atom. The Morgan fingerprint density at radius 3 is 2.68 bits per heavy atom. The van der Waals surface area contributed by atoms with Gasteiger partial charge in [-0.05, 0) is 67.2 Å². The number of carbonyl (C=O) groups is 1. The number of halogens is 2. The lowest BCUT2D eigenvalue weighted by Crippen LogP contribution is -2.24. The number of aliphatic carboxylic acids is 1. The molecule has 0 radical (unpaired) electrons. The fraction of sp³-hybridized carbons (Fsp3) is 0.409. The van der Waals surface area contributed by atoms with Crippen molar-refractivity contribution in [2.45, 2.75) is 51.9 Å². The van der Waals surface area contributed by atoms with Gasteiger partial charge in [0.1, 0.15) is 12.4 Å². The molecule has 6 heteroatoms. The Hall–Kier alpha value is -2.21. The van der Waals surface area contributed by atoms with Gasteiger partial charge in [0.2, 0.25) is 0 Å². The molecular weight excluding hydrogens is 382 g/mol. The van der Waals surface area contributed by atoms with E-state index >= 15 is 0 Å². The SMILES string of the molecule is Cc1ccc(C2=C(COc3ccc(CCC(=O)O)cc3C)CC(F)(F)CC2)s1. The molecule has 1 heterocycles. The highest BCUT2D eigenvalue weighted by Crippen LogP contribution is 2.42. The summed E-state index contributed by atoms with van der Waals surface area (Å²) in [5.74, 6) is -2.88. The molecule has 3 rings (SSSR count). The first-order valence-electron chi connectivity index (χ1n) is 9.33. The Balaban J connectivity index is 1.76. The molecule has 1 N–H and O–H groups in total. The molecule has 0 bridgehead atoms. The predicted molar refractivity (Wildman–Crippen MR) is 107 cm³/mol. The van der Waals surface area contributed by atoms with E-state index in [0.29, 0.717) is 24.2 Å². The summed E-state index contributed by atoms with van der Waals surface area (Å²) in [7, 11) is 0. The Bertz CT molecular complexity index is 899. The lowest BCUT2D eigenvalue weighted by molar-refractivity contribution is -0.136. The van der Waals surface area contributed by atoms with E-state index in [1.807, 2.05) is 38.1 Å². The van der Waals surface area contributed by atoms with E-state index in [-0.39, 0.29) is 25.9 Å². The summed E-state index contributed by atoms with van der Waals surface area (Å²) in [5, 5.41) is 8.80. The monoisotopic (exact) mass is 406 g/mol. The molecule has 0 saturated heterocycles. The van der Waals surface area contributed by atoms with Crippen molar-refractivity contribution in [1.82, 2.24) is 0 Å². The van der Waals surface area contributed by atoms with Crippen LogP contribution in [0.5, 0.6) is 5.75 Å². The molecule has 28 heavy (non-hydrogen) atoms. The first-order chi connectivity index (χ1) is 13.2. The Labute approximate surface area is 167 Å². The van der Waals surface area contributed by atoms with Crippen molar-refractivity contribution in [1.29, 1.82) is 0 Å². The molecule has 1 aromatic carbocycles. The van der Waals surface area contributed by atoms with E-state index in [1.54, 1.807) is 17.4 Å². The summed E-state index contributed by atoms with van der Waals surface area (Å²) in [5.41, 5.74) is 3.44. The number of carboxylic acids is 1. The van der Waals surface area contributed by atoms with Gasteiger partial charge in [0.15, 0.2) is 0 Å². The maximum Gasteiger partial charge on any atom is 0.303 e. The van der Waals surface area contributed by atoms with E-state index < -0.39 is 11.9 Å². The van der Waals surface area contributed by atoms with Gasteiger partial charge in [-0.3, -0.25) is 4.79 Å². The molecule has 0 atom stereocenters. The minimum Gasteiger partial charge on any atom is -0.489 e. The quantitative estimate of drug-likeness (QED) is 0.610. The molecule has 0 fully saturated rings. The van der Waals surface area contributed by atoms with E-state index in [1.165, 1.54) is 0 Å². The van der Waals surface area contributed by atoms with Crippen LogP contribution in [0.15, 0.2) is 35.9 Å². The van der Waals surface area contributed by atoms with E-state index in [4.69, 9.17) is 9.84 Å². The molecule has 0 saturated carbocycles. The molecule has 1 aliphatic rings. The minimum absolute atomic E-state index is 0.0746. The van der Waals surface area contributed by atoms with Crippen molar-refractivity contribution in [3.05, 3.63) is 56.8 Å². The third-order valence-electron chi connectivity index (χ3n) is 4.95. The van der Waals surface area contributed by atoms with E-state index in [0.717, 1.165) is 26.5 Å². The van der Waals surface area contributed by atoms with Crippen LogP contribution in [0, 0.1) is 13.8 Å². The van der Waals surface area contributed by atoms with Gasteiger partial charge in [-0.25, -0.2) is 8.78 Å². The van der Waals surface area contributed by atoms with Crippen LogP contribution in [0.3, 0.4) is 0 Å². The van der Waals surface area contributed by atoms with Crippen LogP contribution in [0.1, 0.15) is 46.6 Å². The molecule has 0 amide bonds. The smallest absolute Gasteiger partial charge is 0.303 e. The van der Waals surface area contributed by atoms with Crippen molar-refractivity contribution >= 4 is 22.9 Å². The number of aryl methyl sites for hydroxylation is 3. The fourth-order valence-electron chi connectivity index (χ4n) is 3.47. The van der Waals surface area contributed by atoms with Crippen molar-refractivity contribution in [2.24, 2.45) is 0 Å². The van der Waals surface area contributed by atoms with Gasteiger partial charge in [-0.2, -0.15) is 0 Å². The van der Waals surface area contributed by atoms with Crippen LogP contribution in [0.2, 0.25) is 0 Å². The number of rotatable bonds is 7. The number of hydrogen-bond acceptors (Lipinski definition) is 3. The van der Waals surface area contributed by atoms with Gasteiger partial charge in [-0.15, -0.1) is 11.3 Å². The predicted octanol–water partition coefficient (Wildman–Crippen LogP) is 6.03. The van der Waals surface area contributed by atoms with Gasteiger partial charge in [-0.1, -0.05) is 12.1 Å². The average Bonchev–Trinajstić information content (AvgIpc) is 3.04. The maximum atomic E-state index is 14.0. The van der Waals surface area contributed by atoms with Gasteiger partial charge >= 0.3 is 5.97 Å². The second-order valence-corrected chi connectivity index (χ2v) is 8.60. The van der Waals surface area contributed by atoms with Crippen LogP contribution >= 0.6 is 11.3 Å². The average molecular weight is 406 g/mol. The zero-order chi connectivity index (χ0) is 20.3. The maximum absolute atomic E-state index is 14.0. The van der Waals surface area contributed by atoms with Gasteiger partial charge < -0.3 is 9.84 Å². The number of alkyl halides is 2. The molecule has 0 unspecified atom stereocenters. The second-order valence-electron chi connectivity index (χ2n) is 7.31. The molecule has 150 valence electrons. The third-order valence-corrected chi connectivity index (χ3v) is 6.01. The molecule has 1 aromatic heterocycles.